The number of nitrogens with zero attached hydrogens (tertiary/aromatic N) is 4. The van der Waals surface area contributed by atoms with Crippen LogP contribution in [-0.4, -0.2) is 40.7 Å². The number of halogens is 1. The van der Waals surface area contributed by atoms with Gasteiger partial charge in [0.05, 0.1) is 13.2 Å². The summed E-state index contributed by atoms with van der Waals surface area (Å²) < 4.78 is 7.44. The summed E-state index contributed by atoms with van der Waals surface area (Å²) in [6, 6.07) is 1.43. The minimum Gasteiger partial charge on any atom is -0.378 e. The van der Waals surface area contributed by atoms with Crippen molar-refractivity contribution >= 4 is 27.4 Å². The maximum Gasteiger partial charge on any atom is 0.257 e. The lowest BCUT2D eigenvalue weighted by Crippen LogP contribution is -2.37. The smallest absolute Gasteiger partial charge is 0.257 e. The third-order valence-corrected chi connectivity index (χ3v) is 3.22. The van der Waals surface area contributed by atoms with Crippen LogP contribution in [0, 0.1) is 0 Å². The zero-order valence-electron chi connectivity index (χ0n) is 9.54. The van der Waals surface area contributed by atoms with E-state index in [1.165, 1.54) is 16.7 Å². The topological polar surface area (TPSA) is 59.7 Å². The third-order valence-electron chi connectivity index (χ3n) is 2.84. The van der Waals surface area contributed by atoms with Crippen molar-refractivity contribution in [1.82, 2.24) is 14.4 Å². The summed E-state index contributed by atoms with van der Waals surface area (Å²) in [5.74, 6) is 0.713. The summed E-state index contributed by atoms with van der Waals surface area (Å²) >= 11 is 3.33. The molecule has 6 nitrogen and oxygen atoms in total. The van der Waals surface area contributed by atoms with E-state index in [2.05, 4.69) is 30.8 Å². The van der Waals surface area contributed by atoms with E-state index in [0.29, 0.717) is 29.3 Å². The number of hydrogen-bond acceptors (Lipinski definition) is 5. The van der Waals surface area contributed by atoms with Gasteiger partial charge in [-0.3, -0.25) is 9.20 Å². The fourth-order valence-corrected chi connectivity index (χ4v) is 2.36. The molecule has 0 saturated carbocycles. The molecule has 2 aromatic heterocycles. The zero-order valence-corrected chi connectivity index (χ0v) is 11.1. The first-order valence-electron chi connectivity index (χ1n) is 5.62. The van der Waals surface area contributed by atoms with Gasteiger partial charge in [-0.2, -0.15) is 0 Å². The lowest BCUT2D eigenvalue weighted by molar-refractivity contribution is 0.122. The van der Waals surface area contributed by atoms with Crippen molar-refractivity contribution in [3.8, 4) is 0 Å². The summed E-state index contributed by atoms with van der Waals surface area (Å²) in [7, 11) is 0. The number of rotatable bonds is 1. The number of aromatic nitrogens is 3. The minimum atomic E-state index is -0.113. The highest BCUT2D eigenvalue weighted by molar-refractivity contribution is 9.10. The number of morpholine rings is 1. The van der Waals surface area contributed by atoms with Crippen LogP contribution in [0.5, 0.6) is 0 Å². The number of hydrogen-bond donors (Lipinski definition) is 0. The molecule has 1 saturated heterocycles. The van der Waals surface area contributed by atoms with E-state index >= 15 is 0 Å². The van der Waals surface area contributed by atoms with Crippen molar-refractivity contribution < 1.29 is 4.74 Å². The molecule has 0 unspecified atom stereocenters. The van der Waals surface area contributed by atoms with Crippen LogP contribution in [0.4, 0.5) is 5.82 Å². The Morgan fingerprint density at radius 2 is 2.11 bits per heavy atom. The van der Waals surface area contributed by atoms with Crippen molar-refractivity contribution in [2.45, 2.75) is 0 Å². The van der Waals surface area contributed by atoms with Crippen molar-refractivity contribution in [1.29, 1.82) is 0 Å². The molecule has 0 amide bonds. The van der Waals surface area contributed by atoms with Gasteiger partial charge in [0.15, 0.2) is 11.5 Å². The lowest BCUT2D eigenvalue weighted by atomic mass is 10.4. The van der Waals surface area contributed by atoms with E-state index < -0.39 is 0 Å². The van der Waals surface area contributed by atoms with E-state index in [-0.39, 0.29) is 5.56 Å². The first-order chi connectivity index (χ1) is 8.75. The van der Waals surface area contributed by atoms with Crippen LogP contribution in [0.2, 0.25) is 0 Å². The highest BCUT2D eigenvalue weighted by Gasteiger charge is 2.17. The normalized spacial score (nSPS) is 16.2. The Morgan fingerprint density at radius 1 is 1.33 bits per heavy atom. The average molecular weight is 311 g/mol. The predicted molar refractivity (Wildman–Crippen MR) is 70.0 cm³/mol. The number of anilines is 1. The second-order valence-corrected chi connectivity index (χ2v) is 4.78. The summed E-state index contributed by atoms with van der Waals surface area (Å²) in [6.07, 6.45) is 3.14. The fraction of sp³-hybridized carbons (Fsp3) is 0.364. The van der Waals surface area contributed by atoms with Crippen LogP contribution in [0.25, 0.3) is 5.65 Å². The Labute approximate surface area is 111 Å². The van der Waals surface area contributed by atoms with E-state index in [1.807, 2.05) is 0 Å². The first-order valence-corrected chi connectivity index (χ1v) is 6.41. The largest absolute Gasteiger partial charge is 0.378 e. The quantitative estimate of drug-likeness (QED) is 0.775. The maximum absolute atomic E-state index is 11.8. The summed E-state index contributed by atoms with van der Waals surface area (Å²) in [5.41, 5.74) is 0.463. The average Bonchev–Trinajstić information content (AvgIpc) is 2.40. The molecule has 3 heterocycles. The van der Waals surface area contributed by atoms with Crippen LogP contribution in [0.15, 0.2) is 27.9 Å². The van der Waals surface area contributed by atoms with Crippen molar-refractivity contribution in [2.24, 2.45) is 0 Å². The molecule has 0 spiro atoms. The Bertz CT molecular complexity index is 636. The first kappa shape index (κ1) is 11.6. The molecule has 3 rings (SSSR count). The van der Waals surface area contributed by atoms with Crippen LogP contribution >= 0.6 is 15.9 Å². The molecule has 94 valence electrons. The Hall–Kier alpha value is -1.47. The van der Waals surface area contributed by atoms with Gasteiger partial charge < -0.3 is 9.64 Å². The molecular formula is C11H11BrN4O2. The number of fused-ring (bicyclic) bond motifs is 1. The van der Waals surface area contributed by atoms with Crippen molar-refractivity contribution in [2.75, 3.05) is 31.2 Å². The molecular weight excluding hydrogens is 300 g/mol. The van der Waals surface area contributed by atoms with Crippen LogP contribution < -0.4 is 10.5 Å². The second kappa shape index (κ2) is 4.66. The zero-order chi connectivity index (χ0) is 12.5. The Morgan fingerprint density at radius 3 is 2.89 bits per heavy atom. The minimum absolute atomic E-state index is 0.113. The molecule has 0 atom stereocenters. The molecule has 1 fully saturated rings. The molecule has 1 aliphatic rings. The fourth-order valence-electron chi connectivity index (χ4n) is 1.98. The van der Waals surface area contributed by atoms with E-state index in [9.17, 15) is 4.79 Å². The summed E-state index contributed by atoms with van der Waals surface area (Å²) in [6.45, 7) is 2.84. The predicted octanol–water partition coefficient (Wildman–Crippen LogP) is 0.689. The third kappa shape index (κ3) is 1.99. The molecule has 0 bridgehead atoms. The SMILES string of the molecule is O=c1ccnc2c(N3CCOCC3)nc(Br)cn12. The van der Waals surface area contributed by atoms with Gasteiger partial charge in [0, 0.05) is 31.5 Å². The van der Waals surface area contributed by atoms with Crippen LogP contribution in [0.1, 0.15) is 0 Å². The summed E-state index contributed by atoms with van der Waals surface area (Å²) in [5, 5.41) is 0. The molecule has 18 heavy (non-hydrogen) atoms. The standard InChI is InChI=1S/C11H11BrN4O2/c12-8-7-16-9(17)1-2-13-10(16)11(14-8)15-3-5-18-6-4-15/h1-2,7H,3-6H2. The van der Waals surface area contributed by atoms with Crippen molar-refractivity contribution in [3.05, 3.63) is 33.4 Å². The monoisotopic (exact) mass is 310 g/mol. The van der Waals surface area contributed by atoms with Gasteiger partial charge >= 0.3 is 0 Å². The van der Waals surface area contributed by atoms with Gasteiger partial charge in [-0.05, 0) is 15.9 Å². The van der Waals surface area contributed by atoms with E-state index in [4.69, 9.17) is 4.74 Å². The maximum atomic E-state index is 11.8. The van der Waals surface area contributed by atoms with Gasteiger partial charge in [0.2, 0.25) is 0 Å². The lowest BCUT2D eigenvalue weighted by Gasteiger charge is -2.28. The molecule has 7 heteroatoms. The van der Waals surface area contributed by atoms with Gasteiger partial charge in [-0.15, -0.1) is 0 Å². The Balaban J connectivity index is 2.21. The molecule has 1 aliphatic heterocycles. The van der Waals surface area contributed by atoms with E-state index in [0.717, 1.165) is 13.1 Å². The molecule has 0 radical (unpaired) electrons. The molecule has 0 aliphatic carbocycles. The van der Waals surface area contributed by atoms with E-state index in [1.54, 1.807) is 6.20 Å². The van der Waals surface area contributed by atoms with Crippen LogP contribution in [-0.2, 0) is 4.74 Å². The van der Waals surface area contributed by atoms with Crippen LogP contribution in [0.3, 0.4) is 0 Å². The highest BCUT2D eigenvalue weighted by Crippen LogP contribution is 2.20. The van der Waals surface area contributed by atoms with Gasteiger partial charge in [-0.1, -0.05) is 0 Å². The second-order valence-electron chi connectivity index (χ2n) is 3.96. The number of ether oxygens (including phenoxy) is 1. The Kier molecular flexibility index (Phi) is 3.00. The molecule has 0 N–H and O–H groups in total. The van der Waals surface area contributed by atoms with Gasteiger partial charge in [0.25, 0.3) is 5.56 Å². The van der Waals surface area contributed by atoms with Crippen molar-refractivity contribution in [3.63, 3.8) is 0 Å². The van der Waals surface area contributed by atoms with Gasteiger partial charge in [0.1, 0.15) is 4.60 Å². The highest BCUT2D eigenvalue weighted by atomic mass is 79.9. The molecule has 0 aromatic carbocycles. The summed E-state index contributed by atoms with van der Waals surface area (Å²) in [4.78, 5) is 22.6. The van der Waals surface area contributed by atoms with Gasteiger partial charge in [-0.25, -0.2) is 9.97 Å². The molecule has 2 aromatic rings.